The summed E-state index contributed by atoms with van der Waals surface area (Å²) in [7, 11) is 0. The maximum atomic E-state index is 13.6. The molecule has 6 heteroatoms. The smallest absolute Gasteiger partial charge is 0.266 e. The Hall–Kier alpha value is -4.29. The molecule has 0 aliphatic carbocycles. The molecule has 1 aliphatic heterocycles. The Kier molecular flexibility index (Phi) is 8.99. The van der Waals surface area contributed by atoms with Crippen LogP contribution in [0.25, 0.3) is 6.08 Å². The fraction of sp³-hybridized carbons (Fsp3) is 0.176. The van der Waals surface area contributed by atoms with Crippen molar-refractivity contribution in [2.75, 3.05) is 13.2 Å². The maximum Gasteiger partial charge on any atom is 0.266 e. The second-order valence-electron chi connectivity index (χ2n) is 9.45. The molecule has 0 bridgehead atoms. The van der Waals surface area contributed by atoms with E-state index < -0.39 is 0 Å². The summed E-state index contributed by atoms with van der Waals surface area (Å²) in [5, 5.41) is 0.682. The number of para-hydroxylation sites is 1. The molecule has 1 amide bonds. The lowest BCUT2D eigenvalue weighted by Gasteiger charge is -2.15. The molecule has 0 N–H and O–H groups in total. The number of carbonyl (C=O) groups excluding carboxylic acids is 1. The molecule has 0 saturated carbocycles. The van der Waals surface area contributed by atoms with Gasteiger partial charge in [0.15, 0.2) is 16.7 Å². The lowest BCUT2D eigenvalue weighted by Crippen LogP contribution is -2.31. The van der Waals surface area contributed by atoms with E-state index in [1.807, 2.05) is 91.9 Å². The van der Waals surface area contributed by atoms with Crippen molar-refractivity contribution in [3.8, 4) is 11.5 Å². The van der Waals surface area contributed by atoms with Crippen molar-refractivity contribution in [3.05, 3.63) is 130 Å². The average Bonchev–Trinajstić information content (AvgIpc) is 3.25. The minimum atomic E-state index is -0.0478. The average molecular weight is 549 g/mol. The van der Waals surface area contributed by atoms with Crippen LogP contribution in [0.1, 0.15) is 29.2 Å². The first kappa shape index (κ1) is 27.3. The Morgan fingerprint density at radius 2 is 1.57 bits per heavy atom. The number of thioether (sulfide) groups is 1. The quantitative estimate of drug-likeness (QED) is 0.190. The van der Waals surface area contributed by atoms with Gasteiger partial charge in [-0.15, -0.1) is 0 Å². The molecule has 0 atom stereocenters. The summed E-state index contributed by atoms with van der Waals surface area (Å²) in [5.74, 6) is 1.28. The molecule has 1 heterocycles. The van der Waals surface area contributed by atoms with Gasteiger partial charge in [-0.1, -0.05) is 84.4 Å². The van der Waals surface area contributed by atoms with E-state index in [4.69, 9.17) is 14.5 Å². The lowest BCUT2D eigenvalue weighted by molar-refractivity contribution is -0.122. The van der Waals surface area contributed by atoms with Crippen molar-refractivity contribution >= 4 is 34.6 Å². The molecular formula is C34H32N2O3S. The van der Waals surface area contributed by atoms with E-state index >= 15 is 0 Å². The van der Waals surface area contributed by atoms with Crippen LogP contribution in [-0.2, 0) is 17.8 Å². The third-order valence-electron chi connectivity index (χ3n) is 6.38. The zero-order valence-corrected chi connectivity index (χ0v) is 23.6. The molecule has 5 nitrogen and oxygen atoms in total. The number of nitrogens with zero attached hydrogens (tertiary/aromatic N) is 2. The number of aryl methyl sites for hydroxylation is 1. The molecular weight excluding hydrogens is 516 g/mol. The van der Waals surface area contributed by atoms with Gasteiger partial charge in [-0.05, 0) is 79.1 Å². The van der Waals surface area contributed by atoms with Crippen LogP contribution in [-0.4, -0.2) is 29.1 Å². The number of benzene rings is 4. The van der Waals surface area contributed by atoms with Crippen LogP contribution < -0.4 is 9.47 Å². The topological polar surface area (TPSA) is 51.1 Å². The van der Waals surface area contributed by atoms with Gasteiger partial charge in [0.2, 0.25) is 0 Å². The summed E-state index contributed by atoms with van der Waals surface area (Å²) in [4.78, 5) is 20.8. The number of amides is 1. The highest BCUT2D eigenvalue weighted by Gasteiger charge is 2.33. The van der Waals surface area contributed by atoms with Crippen molar-refractivity contribution in [1.29, 1.82) is 0 Å². The van der Waals surface area contributed by atoms with Gasteiger partial charge >= 0.3 is 0 Å². The zero-order valence-electron chi connectivity index (χ0n) is 22.7. The van der Waals surface area contributed by atoms with Crippen LogP contribution in [0.2, 0.25) is 0 Å². The van der Waals surface area contributed by atoms with Crippen molar-refractivity contribution in [1.82, 2.24) is 4.90 Å². The highest BCUT2D eigenvalue weighted by molar-refractivity contribution is 8.18. The molecule has 5 rings (SSSR count). The van der Waals surface area contributed by atoms with Crippen LogP contribution in [0.15, 0.2) is 113 Å². The molecule has 1 fully saturated rings. The molecule has 40 heavy (non-hydrogen) atoms. The molecule has 1 saturated heterocycles. The van der Waals surface area contributed by atoms with Crippen molar-refractivity contribution in [2.45, 2.75) is 26.9 Å². The van der Waals surface area contributed by atoms with Crippen molar-refractivity contribution < 1.29 is 14.3 Å². The standard InChI is InChI=1S/C34H32N2O3S/c1-3-38-31-22-27(17-18-30(31)39-24-28-14-10-11-25(2)21-28)23-32-33(37)36(20-19-26-12-6-4-7-13-26)34(40-32)35-29-15-8-5-9-16-29/h4-18,21-23H,3,19-20,24H2,1-2H3/b32-23+,35-34?. The van der Waals surface area contributed by atoms with Gasteiger partial charge in [0.25, 0.3) is 5.91 Å². The highest BCUT2D eigenvalue weighted by Crippen LogP contribution is 2.36. The summed E-state index contributed by atoms with van der Waals surface area (Å²) in [6, 6.07) is 34.0. The Morgan fingerprint density at radius 3 is 2.33 bits per heavy atom. The summed E-state index contributed by atoms with van der Waals surface area (Å²) >= 11 is 1.40. The molecule has 4 aromatic carbocycles. The SMILES string of the molecule is CCOc1cc(/C=C2/SC(=Nc3ccccc3)N(CCc3ccccc3)C2=O)ccc1OCc1cccc(C)c1. The number of ether oxygens (including phenoxy) is 2. The van der Waals surface area contributed by atoms with Crippen molar-refractivity contribution in [3.63, 3.8) is 0 Å². The van der Waals surface area contributed by atoms with Gasteiger partial charge in [0, 0.05) is 6.54 Å². The Labute approximate surface area is 240 Å². The largest absolute Gasteiger partial charge is 0.490 e. The molecule has 202 valence electrons. The second-order valence-corrected chi connectivity index (χ2v) is 10.5. The van der Waals surface area contributed by atoms with E-state index in [1.165, 1.54) is 22.9 Å². The normalized spacial score (nSPS) is 15.2. The first-order valence-corrected chi connectivity index (χ1v) is 14.2. The fourth-order valence-corrected chi connectivity index (χ4v) is 5.43. The summed E-state index contributed by atoms with van der Waals surface area (Å²) in [6.45, 7) is 5.53. The molecule has 1 aliphatic rings. The van der Waals surface area contributed by atoms with Gasteiger partial charge in [-0.25, -0.2) is 4.99 Å². The van der Waals surface area contributed by atoms with Crippen molar-refractivity contribution in [2.24, 2.45) is 4.99 Å². The fourth-order valence-electron chi connectivity index (χ4n) is 4.40. The Bertz CT molecular complexity index is 1520. The molecule has 4 aromatic rings. The maximum absolute atomic E-state index is 13.6. The van der Waals surface area contributed by atoms with E-state index in [-0.39, 0.29) is 5.91 Å². The molecule has 0 unspecified atom stereocenters. The summed E-state index contributed by atoms with van der Waals surface area (Å²) in [6.07, 6.45) is 2.65. The van der Waals surface area contributed by atoms with E-state index in [2.05, 4.69) is 31.2 Å². The number of hydrogen-bond donors (Lipinski definition) is 0. The van der Waals surface area contributed by atoms with Gasteiger partial charge in [-0.2, -0.15) is 0 Å². The van der Waals surface area contributed by atoms with Gasteiger partial charge in [0.1, 0.15) is 6.61 Å². The number of amidine groups is 1. The Balaban J connectivity index is 1.38. The van der Waals surface area contributed by atoms with Crippen LogP contribution in [0.3, 0.4) is 0 Å². The van der Waals surface area contributed by atoms with E-state index in [0.717, 1.165) is 23.2 Å². The van der Waals surface area contributed by atoms with Gasteiger partial charge < -0.3 is 9.47 Å². The third kappa shape index (κ3) is 7.01. The van der Waals surface area contributed by atoms with Crippen LogP contribution in [0.5, 0.6) is 11.5 Å². The highest BCUT2D eigenvalue weighted by atomic mass is 32.2. The predicted molar refractivity (Wildman–Crippen MR) is 164 cm³/mol. The Morgan fingerprint density at radius 1 is 0.825 bits per heavy atom. The first-order chi connectivity index (χ1) is 19.6. The lowest BCUT2D eigenvalue weighted by atomic mass is 10.1. The zero-order chi connectivity index (χ0) is 27.7. The van der Waals surface area contributed by atoms with E-state index in [9.17, 15) is 4.79 Å². The van der Waals surface area contributed by atoms with Crippen LogP contribution >= 0.6 is 11.8 Å². The first-order valence-electron chi connectivity index (χ1n) is 13.4. The minimum absolute atomic E-state index is 0.0478. The monoisotopic (exact) mass is 548 g/mol. The molecule has 0 radical (unpaired) electrons. The number of aliphatic imine (C=N–C) groups is 1. The predicted octanol–water partition coefficient (Wildman–Crippen LogP) is 7.82. The number of carbonyl (C=O) groups is 1. The molecule has 0 spiro atoms. The number of rotatable bonds is 10. The van der Waals surface area contributed by atoms with E-state index in [1.54, 1.807) is 4.90 Å². The third-order valence-corrected chi connectivity index (χ3v) is 7.38. The van der Waals surface area contributed by atoms with Gasteiger partial charge in [0.05, 0.1) is 17.2 Å². The number of hydrogen-bond acceptors (Lipinski definition) is 5. The van der Waals surface area contributed by atoms with E-state index in [0.29, 0.717) is 41.3 Å². The van der Waals surface area contributed by atoms with Crippen LogP contribution in [0, 0.1) is 6.92 Å². The van der Waals surface area contributed by atoms with Gasteiger partial charge in [-0.3, -0.25) is 9.69 Å². The molecule has 0 aromatic heterocycles. The van der Waals surface area contributed by atoms with Crippen LogP contribution in [0.4, 0.5) is 5.69 Å². The second kappa shape index (κ2) is 13.2. The summed E-state index contributed by atoms with van der Waals surface area (Å²) < 4.78 is 12.0. The summed E-state index contributed by atoms with van der Waals surface area (Å²) in [5.41, 5.74) is 5.16. The minimum Gasteiger partial charge on any atom is -0.490 e.